The Morgan fingerprint density at radius 2 is 1.85 bits per heavy atom. The fraction of sp³-hybridized carbons (Fsp3) is 0.586. The number of amides is 1. The highest BCUT2D eigenvalue weighted by atomic mass is 35.5. The molecule has 2 aliphatic rings. The normalized spacial score (nSPS) is 18.4. The first-order valence-corrected chi connectivity index (χ1v) is 14.0. The van der Waals surface area contributed by atoms with Crippen LogP contribution in [0.3, 0.4) is 0 Å². The number of Topliss-reactive ketones (excluding diaryl/α,β-unsaturated/α-hetero) is 1. The van der Waals surface area contributed by atoms with Crippen molar-refractivity contribution >= 4 is 41.2 Å². The number of nitrogens with two attached hydrogens (primary N) is 1. The van der Waals surface area contributed by atoms with Crippen molar-refractivity contribution < 1.29 is 14.3 Å². The van der Waals surface area contributed by atoms with Crippen molar-refractivity contribution in [3.05, 3.63) is 27.9 Å². The molecule has 1 aromatic heterocycles. The summed E-state index contributed by atoms with van der Waals surface area (Å²) in [6, 6.07) is 1.86. The molecule has 39 heavy (non-hydrogen) atoms. The third-order valence-electron chi connectivity index (χ3n) is 7.74. The molecule has 1 amide bonds. The fourth-order valence-corrected chi connectivity index (χ4v) is 6.04. The average molecular weight is 557 g/mol. The SMILES string of the molecule is Cc1cc(N)c(C=N)c(-c2c(N3CCC(=O)CC3(C)C)nn(C3CCN(C(=O)OC(C)(C)C)CC3)c2C)c1Cl. The third kappa shape index (κ3) is 5.64. The number of carbonyl (C=O) groups excluding carboxylic acids is 2. The molecule has 212 valence electrons. The number of benzene rings is 1. The number of aromatic nitrogens is 2. The van der Waals surface area contributed by atoms with E-state index in [0.29, 0.717) is 54.3 Å². The number of halogens is 1. The molecule has 2 fully saturated rings. The Morgan fingerprint density at radius 1 is 1.21 bits per heavy atom. The van der Waals surface area contributed by atoms with Crippen LogP contribution in [0, 0.1) is 19.3 Å². The number of ether oxygens (including phenoxy) is 1. The van der Waals surface area contributed by atoms with Crippen molar-refractivity contribution in [2.45, 2.75) is 91.3 Å². The Balaban J connectivity index is 1.80. The maximum absolute atomic E-state index is 12.6. The molecule has 2 aliphatic heterocycles. The second kappa shape index (κ2) is 10.5. The summed E-state index contributed by atoms with van der Waals surface area (Å²) in [4.78, 5) is 29.0. The fourth-order valence-electron chi connectivity index (χ4n) is 5.79. The average Bonchev–Trinajstić information content (AvgIpc) is 3.15. The van der Waals surface area contributed by atoms with Crippen molar-refractivity contribution in [3.63, 3.8) is 0 Å². The number of rotatable bonds is 4. The molecule has 3 N–H and O–H groups in total. The first-order chi connectivity index (χ1) is 18.1. The highest BCUT2D eigenvalue weighted by molar-refractivity contribution is 6.35. The maximum atomic E-state index is 12.6. The van der Waals surface area contributed by atoms with Gasteiger partial charge in [0.25, 0.3) is 0 Å². The van der Waals surface area contributed by atoms with Crippen molar-refractivity contribution in [2.24, 2.45) is 0 Å². The molecule has 1 aromatic carbocycles. The zero-order valence-corrected chi connectivity index (χ0v) is 24.9. The highest BCUT2D eigenvalue weighted by Crippen LogP contribution is 2.46. The summed E-state index contributed by atoms with van der Waals surface area (Å²) in [5.41, 5.74) is 9.72. The Morgan fingerprint density at radius 3 is 2.41 bits per heavy atom. The van der Waals surface area contributed by atoms with Crippen LogP contribution in [0.25, 0.3) is 11.1 Å². The smallest absolute Gasteiger partial charge is 0.410 e. The van der Waals surface area contributed by atoms with Gasteiger partial charge in [-0.15, -0.1) is 0 Å². The summed E-state index contributed by atoms with van der Waals surface area (Å²) in [7, 11) is 0. The van der Waals surface area contributed by atoms with E-state index >= 15 is 0 Å². The molecule has 3 heterocycles. The lowest BCUT2D eigenvalue weighted by atomic mass is 9.88. The monoisotopic (exact) mass is 556 g/mol. The molecule has 0 spiro atoms. The second-order valence-electron chi connectivity index (χ2n) is 12.4. The van der Waals surface area contributed by atoms with Crippen LogP contribution in [0.2, 0.25) is 5.02 Å². The predicted molar refractivity (Wildman–Crippen MR) is 156 cm³/mol. The Bertz CT molecular complexity index is 1300. The molecular formula is C29H41ClN6O3. The van der Waals surface area contributed by atoms with E-state index < -0.39 is 11.1 Å². The van der Waals surface area contributed by atoms with Gasteiger partial charge in [-0.2, -0.15) is 5.10 Å². The summed E-state index contributed by atoms with van der Waals surface area (Å²) >= 11 is 6.94. The van der Waals surface area contributed by atoms with Crippen molar-refractivity contribution in [1.82, 2.24) is 14.7 Å². The number of hydrogen-bond donors (Lipinski definition) is 2. The van der Waals surface area contributed by atoms with Crippen molar-refractivity contribution in [2.75, 3.05) is 30.3 Å². The molecule has 0 atom stereocenters. The Hall–Kier alpha value is -3.07. The molecule has 9 nitrogen and oxygen atoms in total. The number of carbonyl (C=O) groups is 2. The zero-order valence-electron chi connectivity index (χ0n) is 24.2. The number of nitrogens with zero attached hydrogens (tertiary/aromatic N) is 4. The maximum Gasteiger partial charge on any atom is 0.410 e. The van der Waals surface area contributed by atoms with E-state index in [1.807, 2.05) is 39.3 Å². The zero-order chi connectivity index (χ0) is 28.9. The van der Waals surface area contributed by atoms with Crippen LogP contribution in [-0.4, -0.2) is 63.5 Å². The highest BCUT2D eigenvalue weighted by Gasteiger charge is 2.39. The van der Waals surface area contributed by atoms with Crippen LogP contribution in [0.1, 0.15) is 83.2 Å². The van der Waals surface area contributed by atoms with Gasteiger partial charge in [0.1, 0.15) is 11.4 Å². The van der Waals surface area contributed by atoms with Gasteiger partial charge in [0, 0.05) is 72.3 Å². The molecule has 2 aromatic rings. The summed E-state index contributed by atoms with van der Waals surface area (Å²) in [5.74, 6) is 0.982. The Kier molecular flexibility index (Phi) is 7.78. The van der Waals surface area contributed by atoms with Gasteiger partial charge in [-0.1, -0.05) is 11.6 Å². The number of hydrogen-bond acceptors (Lipinski definition) is 7. The standard InChI is InChI=1S/C29H41ClN6O3/c1-17-14-22(32)21(16-31)24(25(17)30)23-18(2)36(33-26(23)35-13-10-20(37)15-29(35,6)7)19-8-11-34(12-9-19)27(38)39-28(3,4)5/h14,16,19,31H,8-13,15,32H2,1-7H3. The van der Waals surface area contributed by atoms with Gasteiger partial charge in [-0.25, -0.2) is 4.79 Å². The van der Waals surface area contributed by atoms with Crippen LogP contribution >= 0.6 is 11.6 Å². The number of nitrogen functional groups attached to an aromatic ring is 1. The van der Waals surface area contributed by atoms with Gasteiger partial charge >= 0.3 is 6.09 Å². The number of piperidine rings is 2. The van der Waals surface area contributed by atoms with Gasteiger partial charge < -0.3 is 25.7 Å². The lowest BCUT2D eigenvalue weighted by Gasteiger charge is -2.42. The van der Waals surface area contributed by atoms with E-state index in [2.05, 4.69) is 18.7 Å². The second-order valence-corrected chi connectivity index (χ2v) is 12.8. The molecule has 0 bridgehead atoms. The molecule has 0 unspecified atom stereocenters. The molecule has 0 radical (unpaired) electrons. The van der Waals surface area contributed by atoms with Gasteiger partial charge in [0.15, 0.2) is 5.82 Å². The van der Waals surface area contributed by atoms with Crippen LogP contribution in [-0.2, 0) is 9.53 Å². The van der Waals surface area contributed by atoms with E-state index in [4.69, 9.17) is 32.6 Å². The summed E-state index contributed by atoms with van der Waals surface area (Å²) in [6.45, 7) is 15.3. The molecule has 4 rings (SSSR count). The Labute approximate surface area is 236 Å². The minimum Gasteiger partial charge on any atom is -0.444 e. The van der Waals surface area contributed by atoms with E-state index in [-0.39, 0.29) is 17.9 Å². The minimum atomic E-state index is -0.541. The van der Waals surface area contributed by atoms with Gasteiger partial charge in [-0.05, 0) is 72.9 Å². The van der Waals surface area contributed by atoms with Gasteiger partial charge in [0.2, 0.25) is 0 Å². The number of anilines is 2. The number of nitrogens with one attached hydrogen (secondary N) is 1. The van der Waals surface area contributed by atoms with Crippen LogP contribution in [0.15, 0.2) is 6.07 Å². The van der Waals surface area contributed by atoms with Crippen LogP contribution in [0.4, 0.5) is 16.3 Å². The lowest BCUT2D eigenvalue weighted by Crippen LogP contribution is -2.51. The molecule has 0 saturated carbocycles. The molecular weight excluding hydrogens is 516 g/mol. The van der Waals surface area contributed by atoms with Crippen molar-refractivity contribution in [3.8, 4) is 11.1 Å². The molecule has 10 heteroatoms. The minimum absolute atomic E-state index is 0.0649. The van der Waals surface area contributed by atoms with E-state index in [1.54, 1.807) is 11.0 Å². The van der Waals surface area contributed by atoms with E-state index in [1.165, 1.54) is 6.21 Å². The summed E-state index contributed by atoms with van der Waals surface area (Å²) in [6.07, 6.45) is 3.28. The van der Waals surface area contributed by atoms with Crippen LogP contribution in [0.5, 0.6) is 0 Å². The van der Waals surface area contributed by atoms with Crippen molar-refractivity contribution in [1.29, 1.82) is 5.41 Å². The third-order valence-corrected chi connectivity index (χ3v) is 8.22. The summed E-state index contributed by atoms with van der Waals surface area (Å²) in [5, 5.41) is 13.9. The first-order valence-electron chi connectivity index (χ1n) is 13.6. The largest absolute Gasteiger partial charge is 0.444 e. The van der Waals surface area contributed by atoms with Crippen LogP contribution < -0.4 is 10.6 Å². The number of likely N-dealkylation sites (tertiary alicyclic amines) is 1. The topological polar surface area (TPSA) is 118 Å². The quantitative estimate of drug-likeness (QED) is 0.356. The molecule has 0 aliphatic carbocycles. The predicted octanol–water partition coefficient (Wildman–Crippen LogP) is 5.92. The van der Waals surface area contributed by atoms with Gasteiger partial charge in [0.05, 0.1) is 11.1 Å². The van der Waals surface area contributed by atoms with E-state index in [0.717, 1.165) is 35.5 Å². The molecule has 2 saturated heterocycles. The van der Waals surface area contributed by atoms with Gasteiger partial charge in [-0.3, -0.25) is 9.48 Å². The van der Waals surface area contributed by atoms with E-state index in [9.17, 15) is 9.59 Å². The number of aryl methyl sites for hydroxylation is 1. The summed E-state index contributed by atoms with van der Waals surface area (Å²) < 4.78 is 7.63. The lowest BCUT2D eigenvalue weighted by molar-refractivity contribution is -0.121. The number of ketones is 1. The first kappa shape index (κ1) is 28.9.